The highest BCUT2D eigenvalue weighted by molar-refractivity contribution is 14.0. The zero-order chi connectivity index (χ0) is 17.4. The molecule has 0 bridgehead atoms. The van der Waals surface area contributed by atoms with Crippen molar-refractivity contribution in [3.8, 4) is 0 Å². The van der Waals surface area contributed by atoms with Gasteiger partial charge in [0.1, 0.15) is 0 Å². The van der Waals surface area contributed by atoms with Crippen LogP contribution in [0.25, 0.3) is 0 Å². The van der Waals surface area contributed by atoms with Gasteiger partial charge in [0.05, 0.1) is 12.2 Å². The van der Waals surface area contributed by atoms with E-state index in [0.29, 0.717) is 12.6 Å². The number of rotatable bonds is 7. The molecule has 0 saturated carbocycles. The number of nitrogens with zero attached hydrogens (tertiary/aromatic N) is 4. The maximum absolute atomic E-state index is 4.69. The van der Waals surface area contributed by atoms with Crippen molar-refractivity contribution < 1.29 is 0 Å². The summed E-state index contributed by atoms with van der Waals surface area (Å²) in [4.78, 5) is 13.9. The number of likely N-dealkylation sites (N-methyl/N-ethyl adjacent to an activating group) is 1. The van der Waals surface area contributed by atoms with Gasteiger partial charge >= 0.3 is 0 Å². The first-order valence-electron chi connectivity index (χ1n) is 9.02. The quantitative estimate of drug-likeness (QED) is 0.357. The topological polar surface area (TPSA) is 55.8 Å². The number of piperidine rings is 1. The molecular formula is C17H33IN6S. The molecule has 0 aliphatic carbocycles. The van der Waals surface area contributed by atoms with E-state index in [-0.39, 0.29) is 24.0 Å². The largest absolute Gasteiger partial charge is 0.357 e. The van der Waals surface area contributed by atoms with Crippen molar-refractivity contribution in [1.82, 2.24) is 20.5 Å². The van der Waals surface area contributed by atoms with E-state index >= 15 is 0 Å². The Morgan fingerprint density at radius 1 is 1.36 bits per heavy atom. The molecule has 2 heterocycles. The van der Waals surface area contributed by atoms with Crippen molar-refractivity contribution in [1.29, 1.82) is 0 Å². The fourth-order valence-corrected chi connectivity index (χ4v) is 3.75. The summed E-state index contributed by atoms with van der Waals surface area (Å²) in [7, 11) is 4.03. The van der Waals surface area contributed by atoms with Gasteiger partial charge in [-0.1, -0.05) is 13.3 Å². The summed E-state index contributed by atoms with van der Waals surface area (Å²) >= 11 is 1.66. The number of aromatic nitrogens is 1. The van der Waals surface area contributed by atoms with Gasteiger partial charge in [-0.2, -0.15) is 0 Å². The Hall–Kier alpha value is -0.610. The lowest BCUT2D eigenvalue weighted by molar-refractivity contribution is 0.157. The van der Waals surface area contributed by atoms with Crippen LogP contribution >= 0.6 is 35.3 Å². The number of hydrogen-bond acceptors (Lipinski definition) is 5. The van der Waals surface area contributed by atoms with E-state index < -0.39 is 0 Å². The normalized spacial score (nSPS) is 18.6. The van der Waals surface area contributed by atoms with Crippen molar-refractivity contribution >= 4 is 46.4 Å². The predicted octanol–water partition coefficient (Wildman–Crippen LogP) is 2.76. The molecule has 1 fully saturated rings. The van der Waals surface area contributed by atoms with Gasteiger partial charge in [-0.15, -0.1) is 35.3 Å². The smallest absolute Gasteiger partial charge is 0.191 e. The molecule has 2 N–H and O–H groups in total. The fourth-order valence-electron chi connectivity index (χ4n) is 3.00. The van der Waals surface area contributed by atoms with E-state index in [1.54, 1.807) is 11.3 Å². The highest BCUT2D eigenvalue weighted by Crippen LogP contribution is 2.18. The number of likely N-dealkylation sites (tertiary alicyclic amines) is 1. The van der Waals surface area contributed by atoms with Crippen LogP contribution in [0.1, 0.15) is 38.8 Å². The number of anilines is 1. The molecule has 0 aromatic carbocycles. The second-order valence-electron chi connectivity index (χ2n) is 6.37. The molecule has 1 aliphatic heterocycles. The van der Waals surface area contributed by atoms with Crippen molar-refractivity contribution in [3.05, 3.63) is 11.1 Å². The van der Waals surface area contributed by atoms with Crippen molar-refractivity contribution in [3.63, 3.8) is 0 Å². The van der Waals surface area contributed by atoms with E-state index in [0.717, 1.165) is 36.4 Å². The lowest BCUT2D eigenvalue weighted by Gasteiger charge is -2.35. The van der Waals surface area contributed by atoms with Crippen LogP contribution in [0.3, 0.4) is 0 Å². The molecule has 0 amide bonds. The molecule has 1 aromatic heterocycles. The number of halogens is 1. The monoisotopic (exact) mass is 480 g/mol. The lowest BCUT2D eigenvalue weighted by atomic mass is 10.0. The first-order valence-corrected chi connectivity index (χ1v) is 9.90. The highest BCUT2D eigenvalue weighted by atomic mass is 127. The van der Waals surface area contributed by atoms with Crippen molar-refractivity contribution in [2.24, 2.45) is 4.99 Å². The van der Waals surface area contributed by atoms with Crippen LogP contribution in [-0.2, 0) is 6.54 Å². The SMILES string of the molecule is CCNC(=NCc1csc(N(C)C)n1)NCC1CCCCN1CC.I. The second kappa shape index (κ2) is 11.9. The van der Waals surface area contributed by atoms with Crippen LogP contribution in [0.5, 0.6) is 0 Å². The number of guanidine groups is 1. The molecule has 8 heteroatoms. The Balaban J connectivity index is 0.00000312. The van der Waals surface area contributed by atoms with Crippen LogP contribution in [0.2, 0.25) is 0 Å². The zero-order valence-electron chi connectivity index (χ0n) is 15.9. The van der Waals surface area contributed by atoms with Gasteiger partial charge in [-0.05, 0) is 32.9 Å². The minimum absolute atomic E-state index is 0. The highest BCUT2D eigenvalue weighted by Gasteiger charge is 2.20. The lowest BCUT2D eigenvalue weighted by Crippen LogP contribution is -2.49. The van der Waals surface area contributed by atoms with Gasteiger partial charge in [-0.25, -0.2) is 9.98 Å². The first-order chi connectivity index (χ1) is 11.6. The third-order valence-corrected chi connectivity index (χ3v) is 5.38. The second-order valence-corrected chi connectivity index (χ2v) is 7.21. The van der Waals surface area contributed by atoms with Gasteiger partial charge in [0.25, 0.3) is 0 Å². The molecule has 6 nitrogen and oxygen atoms in total. The summed E-state index contributed by atoms with van der Waals surface area (Å²) in [6.07, 6.45) is 3.94. The summed E-state index contributed by atoms with van der Waals surface area (Å²) in [6, 6.07) is 0.618. The van der Waals surface area contributed by atoms with E-state index in [1.807, 2.05) is 19.0 Å². The Labute approximate surface area is 173 Å². The third-order valence-electron chi connectivity index (χ3n) is 4.33. The summed E-state index contributed by atoms with van der Waals surface area (Å²) in [5.74, 6) is 0.888. The molecule has 144 valence electrons. The van der Waals surface area contributed by atoms with Crippen molar-refractivity contribution in [2.75, 3.05) is 45.2 Å². The molecule has 0 spiro atoms. The molecule has 1 aromatic rings. The Kier molecular flexibility index (Phi) is 10.7. The molecule has 1 atom stereocenters. The van der Waals surface area contributed by atoms with E-state index in [4.69, 9.17) is 4.99 Å². The summed E-state index contributed by atoms with van der Waals surface area (Å²) < 4.78 is 0. The minimum Gasteiger partial charge on any atom is -0.357 e. The maximum atomic E-state index is 4.69. The average Bonchev–Trinajstić information content (AvgIpc) is 3.07. The summed E-state index contributed by atoms with van der Waals surface area (Å²) in [5, 5.41) is 9.97. The maximum Gasteiger partial charge on any atom is 0.191 e. The Morgan fingerprint density at radius 2 is 2.16 bits per heavy atom. The van der Waals surface area contributed by atoms with Crippen LogP contribution in [0.4, 0.5) is 5.13 Å². The first kappa shape index (κ1) is 22.4. The molecule has 0 radical (unpaired) electrons. The number of hydrogen-bond donors (Lipinski definition) is 2. The summed E-state index contributed by atoms with van der Waals surface area (Å²) in [6.45, 7) is 9.15. The van der Waals surface area contributed by atoms with Crippen molar-refractivity contribution in [2.45, 2.75) is 45.7 Å². The van der Waals surface area contributed by atoms with Gasteiger partial charge in [-0.3, -0.25) is 4.90 Å². The van der Waals surface area contributed by atoms with E-state index in [1.165, 1.54) is 25.8 Å². The van der Waals surface area contributed by atoms with Gasteiger partial charge in [0.2, 0.25) is 0 Å². The molecule has 2 rings (SSSR count). The zero-order valence-corrected chi connectivity index (χ0v) is 19.1. The standard InChI is InChI=1S/C17H32N6S.HI/c1-5-18-16(19-11-14-13-24-17(21-14)22(3)4)20-12-15-9-7-8-10-23(15)6-2;/h13,15H,5-12H2,1-4H3,(H2,18,19,20);1H. The molecule has 1 aliphatic rings. The Morgan fingerprint density at radius 3 is 2.80 bits per heavy atom. The average molecular weight is 480 g/mol. The van der Waals surface area contributed by atoms with Gasteiger partial charge in [0, 0.05) is 38.6 Å². The van der Waals surface area contributed by atoms with Gasteiger partial charge < -0.3 is 15.5 Å². The van der Waals surface area contributed by atoms with Crippen LogP contribution < -0.4 is 15.5 Å². The number of aliphatic imine (C=N–C) groups is 1. The van der Waals surface area contributed by atoms with Crippen LogP contribution in [-0.4, -0.2) is 62.2 Å². The van der Waals surface area contributed by atoms with E-state index in [9.17, 15) is 0 Å². The molecular weight excluding hydrogens is 447 g/mol. The predicted molar refractivity (Wildman–Crippen MR) is 120 cm³/mol. The number of thiazole rings is 1. The Bertz CT molecular complexity index is 519. The van der Waals surface area contributed by atoms with Crippen LogP contribution in [0, 0.1) is 0 Å². The molecule has 1 saturated heterocycles. The minimum atomic E-state index is 0. The number of nitrogens with one attached hydrogen (secondary N) is 2. The fraction of sp³-hybridized carbons (Fsp3) is 0.765. The van der Waals surface area contributed by atoms with E-state index in [2.05, 4.69) is 39.7 Å². The summed E-state index contributed by atoms with van der Waals surface area (Å²) in [5.41, 5.74) is 1.02. The molecule has 1 unspecified atom stereocenters. The molecule has 25 heavy (non-hydrogen) atoms. The van der Waals surface area contributed by atoms with Gasteiger partial charge in [0.15, 0.2) is 11.1 Å². The third kappa shape index (κ3) is 7.26. The van der Waals surface area contributed by atoms with Crippen LogP contribution in [0.15, 0.2) is 10.4 Å².